The fraction of sp³-hybridized carbons (Fsp3) is 0.688. The minimum atomic E-state index is 0.675. The van der Waals surface area contributed by atoms with Gasteiger partial charge in [-0.1, -0.05) is 38.5 Å². The van der Waals surface area contributed by atoms with Gasteiger partial charge >= 0.3 is 0 Å². The monoisotopic (exact) mass is 277 g/mol. The van der Waals surface area contributed by atoms with Crippen molar-refractivity contribution in [3.63, 3.8) is 0 Å². The van der Waals surface area contributed by atoms with Gasteiger partial charge in [0.1, 0.15) is 5.76 Å². The summed E-state index contributed by atoms with van der Waals surface area (Å²) in [5.74, 6) is 2.78. The van der Waals surface area contributed by atoms with Gasteiger partial charge in [0.25, 0.3) is 0 Å². The van der Waals surface area contributed by atoms with Gasteiger partial charge in [0.05, 0.1) is 12.8 Å². The number of furan rings is 1. The largest absolute Gasteiger partial charge is 0.467 e. The van der Waals surface area contributed by atoms with Gasteiger partial charge in [-0.2, -0.15) is 0 Å². The molecule has 1 heterocycles. The Bertz CT molecular complexity index is 380. The van der Waals surface area contributed by atoms with Crippen LogP contribution in [0.2, 0.25) is 0 Å². The van der Waals surface area contributed by atoms with Crippen LogP contribution >= 0.6 is 0 Å². The molecule has 1 aliphatic rings. The summed E-state index contributed by atoms with van der Waals surface area (Å²) in [6, 6.07) is 3.86. The number of hydrogen-bond donors (Lipinski definition) is 2. The highest BCUT2D eigenvalue weighted by Crippen LogP contribution is 2.28. The van der Waals surface area contributed by atoms with Gasteiger partial charge in [-0.15, -0.1) is 0 Å². The van der Waals surface area contributed by atoms with Crippen molar-refractivity contribution in [2.24, 2.45) is 10.9 Å². The molecule has 0 saturated heterocycles. The third-order valence-corrected chi connectivity index (χ3v) is 4.04. The van der Waals surface area contributed by atoms with Crippen LogP contribution in [0.4, 0.5) is 0 Å². The van der Waals surface area contributed by atoms with Gasteiger partial charge in [-0.25, -0.2) is 0 Å². The van der Waals surface area contributed by atoms with Crippen LogP contribution in [0.1, 0.15) is 50.7 Å². The topological polar surface area (TPSA) is 49.6 Å². The van der Waals surface area contributed by atoms with E-state index in [0.717, 1.165) is 24.2 Å². The molecule has 0 atom stereocenters. The first-order valence-electron chi connectivity index (χ1n) is 7.85. The second kappa shape index (κ2) is 8.67. The standard InChI is InChI=1S/C16H27N3O/c1-17-16(19-13-15-10-6-12-20-15)18-11-5-4-9-14-7-2-3-8-14/h6,10,12,14H,2-5,7-9,11,13H2,1H3,(H2,17,18,19). The molecule has 0 amide bonds. The third-order valence-electron chi connectivity index (χ3n) is 4.04. The minimum Gasteiger partial charge on any atom is -0.467 e. The molecule has 0 aromatic carbocycles. The van der Waals surface area contributed by atoms with Crippen LogP contribution in [-0.4, -0.2) is 19.6 Å². The fourth-order valence-corrected chi connectivity index (χ4v) is 2.87. The van der Waals surface area contributed by atoms with E-state index in [4.69, 9.17) is 4.42 Å². The SMILES string of the molecule is CN=C(NCCCCC1CCCC1)NCc1ccco1. The molecule has 112 valence electrons. The zero-order valence-electron chi connectivity index (χ0n) is 12.5. The van der Waals surface area contributed by atoms with Crippen molar-refractivity contribution in [2.75, 3.05) is 13.6 Å². The smallest absolute Gasteiger partial charge is 0.191 e. The molecule has 0 radical (unpaired) electrons. The number of hydrogen-bond acceptors (Lipinski definition) is 2. The summed E-state index contributed by atoms with van der Waals surface area (Å²) in [6.07, 6.45) is 11.5. The van der Waals surface area contributed by atoms with Crippen molar-refractivity contribution in [1.29, 1.82) is 0 Å². The third kappa shape index (κ3) is 5.27. The molecular formula is C16H27N3O. The average molecular weight is 277 g/mol. The summed E-state index contributed by atoms with van der Waals surface area (Å²) < 4.78 is 5.28. The van der Waals surface area contributed by atoms with Crippen LogP contribution in [0, 0.1) is 5.92 Å². The summed E-state index contributed by atoms with van der Waals surface area (Å²) in [7, 11) is 1.80. The fourth-order valence-electron chi connectivity index (χ4n) is 2.87. The van der Waals surface area contributed by atoms with Crippen LogP contribution in [0.3, 0.4) is 0 Å². The van der Waals surface area contributed by atoms with Crippen LogP contribution in [0.25, 0.3) is 0 Å². The summed E-state index contributed by atoms with van der Waals surface area (Å²) in [4.78, 5) is 4.22. The number of nitrogens with one attached hydrogen (secondary N) is 2. The lowest BCUT2D eigenvalue weighted by Crippen LogP contribution is -2.37. The molecule has 0 aliphatic heterocycles. The van der Waals surface area contributed by atoms with Crippen molar-refractivity contribution in [1.82, 2.24) is 10.6 Å². The Morgan fingerprint density at radius 1 is 1.30 bits per heavy atom. The number of rotatable bonds is 7. The summed E-state index contributed by atoms with van der Waals surface area (Å²) >= 11 is 0. The summed E-state index contributed by atoms with van der Waals surface area (Å²) in [5.41, 5.74) is 0. The van der Waals surface area contributed by atoms with Gasteiger partial charge in [0, 0.05) is 13.6 Å². The van der Waals surface area contributed by atoms with Gasteiger partial charge in [0.2, 0.25) is 0 Å². The number of aliphatic imine (C=N–C) groups is 1. The van der Waals surface area contributed by atoms with Crippen LogP contribution in [-0.2, 0) is 6.54 Å². The predicted molar refractivity (Wildman–Crippen MR) is 82.7 cm³/mol. The first-order valence-corrected chi connectivity index (χ1v) is 7.85. The van der Waals surface area contributed by atoms with E-state index >= 15 is 0 Å². The summed E-state index contributed by atoms with van der Waals surface area (Å²) in [6.45, 7) is 1.67. The lowest BCUT2D eigenvalue weighted by molar-refractivity contribution is 0.472. The highest BCUT2D eigenvalue weighted by Gasteiger charge is 2.13. The predicted octanol–water partition coefficient (Wildman–Crippen LogP) is 3.31. The molecule has 2 N–H and O–H groups in total. The minimum absolute atomic E-state index is 0.675. The molecule has 0 unspecified atom stereocenters. The van der Waals surface area contributed by atoms with Gasteiger partial charge in [-0.05, 0) is 24.5 Å². The van der Waals surface area contributed by atoms with E-state index in [2.05, 4.69) is 15.6 Å². The van der Waals surface area contributed by atoms with Crippen molar-refractivity contribution in [3.05, 3.63) is 24.2 Å². The Morgan fingerprint density at radius 2 is 2.15 bits per heavy atom. The maximum Gasteiger partial charge on any atom is 0.191 e. The first-order chi connectivity index (χ1) is 9.88. The molecule has 1 aromatic rings. The Kier molecular flexibility index (Phi) is 6.48. The van der Waals surface area contributed by atoms with Crippen LogP contribution < -0.4 is 10.6 Å². The first kappa shape index (κ1) is 14.9. The normalized spacial score (nSPS) is 16.6. The molecule has 0 bridgehead atoms. The molecule has 20 heavy (non-hydrogen) atoms. The maximum absolute atomic E-state index is 5.28. The van der Waals surface area contributed by atoms with E-state index in [-0.39, 0.29) is 0 Å². The van der Waals surface area contributed by atoms with Crippen LogP contribution in [0.15, 0.2) is 27.8 Å². The molecule has 0 spiro atoms. The second-order valence-corrected chi connectivity index (χ2v) is 5.58. The van der Waals surface area contributed by atoms with Crippen molar-refractivity contribution in [2.45, 2.75) is 51.5 Å². The highest BCUT2D eigenvalue weighted by molar-refractivity contribution is 5.79. The maximum atomic E-state index is 5.28. The van der Waals surface area contributed by atoms with Gasteiger partial charge in [0.15, 0.2) is 5.96 Å². The lowest BCUT2D eigenvalue weighted by atomic mass is 10.0. The lowest BCUT2D eigenvalue weighted by Gasteiger charge is -2.12. The quantitative estimate of drug-likeness (QED) is 0.457. The Balaban J connectivity index is 1.52. The van der Waals surface area contributed by atoms with E-state index < -0.39 is 0 Å². The Morgan fingerprint density at radius 3 is 2.85 bits per heavy atom. The van der Waals surface area contributed by atoms with Gasteiger partial charge < -0.3 is 15.1 Å². The number of guanidine groups is 1. The van der Waals surface area contributed by atoms with Crippen molar-refractivity contribution in [3.8, 4) is 0 Å². The Hall–Kier alpha value is -1.45. The van der Waals surface area contributed by atoms with Crippen LogP contribution in [0.5, 0.6) is 0 Å². The van der Waals surface area contributed by atoms with Gasteiger partial charge in [-0.3, -0.25) is 4.99 Å². The number of nitrogens with zero attached hydrogens (tertiary/aromatic N) is 1. The molecule has 1 aliphatic carbocycles. The molecule has 4 nitrogen and oxygen atoms in total. The van der Waals surface area contributed by atoms with E-state index in [9.17, 15) is 0 Å². The molecule has 1 fully saturated rings. The average Bonchev–Trinajstić information content (AvgIpc) is 3.14. The molecule has 1 aromatic heterocycles. The number of unbranched alkanes of at least 4 members (excludes halogenated alkanes) is 1. The molecule has 4 heteroatoms. The highest BCUT2D eigenvalue weighted by atomic mass is 16.3. The zero-order valence-corrected chi connectivity index (χ0v) is 12.5. The summed E-state index contributed by atoms with van der Waals surface area (Å²) in [5, 5.41) is 6.60. The molecular weight excluding hydrogens is 250 g/mol. The van der Waals surface area contributed by atoms with E-state index in [1.165, 1.54) is 44.9 Å². The van der Waals surface area contributed by atoms with E-state index in [1.807, 2.05) is 12.1 Å². The molecule has 1 saturated carbocycles. The molecule has 2 rings (SSSR count). The van der Waals surface area contributed by atoms with E-state index in [0.29, 0.717) is 6.54 Å². The zero-order chi connectivity index (χ0) is 14.0. The van der Waals surface area contributed by atoms with Crippen molar-refractivity contribution >= 4 is 5.96 Å². The Labute approximate surface area is 122 Å². The second-order valence-electron chi connectivity index (χ2n) is 5.58. The van der Waals surface area contributed by atoms with E-state index in [1.54, 1.807) is 13.3 Å². The van der Waals surface area contributed by atoms with Crippen molar-refractivity contribution < 1.29 is 4.42 Å².